The highest BCUT2D eigenvalue weighted by Crippen LogP contribution is 2.10. The first-order valence-corrected chi connectivity index (χ1v) is 8.12. The average Bonchev–Trinajstić information content (AvgIpc) is 2.99. The molecule has 2 N–H and O–H groups in total. The van der Waals surface area contributed by atoms with Gasteiger partial charge in [0, 0.05) is 11.3 Å². The Bertz CT molecular complexity index is 635. The van der Waals surface area contributed by atoms with Crippen molar-refractivity contribution in [3.63, 3.8) is 0 Å². The molecule has 1 amide bonds. The number of hydrogen-bond acceptors (Lipinski definition) is 3. The fraction of sp³-hybridized carbons (Fsp3) is 0.294. The first kappa shape index (κ1) is 16.4. The fourth-order valence-corrected chi connectivity index (χ4v) is 2.90. The van der Waals surface area contributed by atoms with E-state index in [4.69, 9.17) is 0 Å². The van der Waals surface area contributed by atoms with Gasteiger partial charge in [-0.05, 0) is 49.6 Å². The van der Waals surface area contributed by atoms with Crippen LogP contribution in [0.2, 0.25) is 0 Å². The number of ketones is 1. The van der Waals surface area contributed by atoms with Crippen LogP contribution in [0.25, 0.3) is 0 Å². The van der Waals surface area contributed by atoms with Crippen molar-refractivity contribution in [2.75, 3.05) is 12.4 Å². The third-order valence-corrected chi connectivity index (χ3v) is 4.60. The molecule has 4 nitrogen and oxygen atoms in total. The molecule has 0 bridgehead atoms. The molecule has 1 aromatic carbocycles. The van der Waals surface area contributed by atoms with Gasteiger partial charge in [-0.25, -0.2) is 0 Å². The number of nitrogens with one attached hydrogen (secondary N) is 2. The van der Waals surface area contributed by atoms with Crippen molar-refractivity contribution in [3.05, 3.63) is 52.2 Å². The molecule has 1 heterocycles. The number of Topliss-reactive ketones (excluding diaryl/α,β-unsaturated/α-hetero) is 1. The van der Waals surface area contributed by atoms with E-state index in [9.17, 15) is 9.59 Å². The minimum Gasteiger partial charge on any atom is -0.323 e. The van der Waals surface area contributed by atoms with Gasteiger partial charge in [-0.2, -0.15) is 0 Å². The number of amides is 1. The number of quaternary nitrogens is 1. The molecule has 2 atom stereocenters. The van der Waals surface area contributed by atoms with Crippen LogP contribution in [0.4, 0.5) is 5.69 Å². The standard InChI is InChI=1S/C17H20N2O2S/c1-12(19(3)11-16-5-4-10-22-16)17(21)18-15-8-6-14(7-9-15)13(2)20/h4-10,12H,11H2,1-3H3,(H,18,21)/p+1/t12-/m1/s1. The van der Waals surface area contributed by atoms with Crippen molar-refractivity contribution >= 4 is 28.7 Å². The van der Waals surface area contributed by atoms with Crippen LogP contribution in [-0.4, -0.2) is 24.8 Å². The lowest BCUT2D eigenvalue weighted by Gasteiger charge is -2.20. The Hall–Kier alpha value is -1.98. The molecule has 0 saturated heterocycles. The summed E-state index contributed by atoms with van der Waals surface area (Å²) in [5.41, 5.74) is 1.36. The van der Waals surface area contributed by atoms with Gasteiger partial charge in [0.2, 0.25) is 0 Å². The molecule has 116 valence electrons. The van der Waals surface area contributed by atoms with Crippen molar-refractivity contribution in [1.29, 1.82) is 0 Å². The number of carbonyl (C=O) groups excluding carboxylic acids is 2. The predicted octanol–water partition coefficient (Wildman–Crippen LogP) is 1.99. The molecule has 0 aliphatic heterocycles. The van der Waals surface area contributed by atoms with Crippen molar-refractivity contribution in [3.8, 4) is 0 Å². The maximum Gasteiger partial charge on any atom is 0.282 e. The highest BCUT2D eigenvalue weighted by Gasteiger charge is 2.22. The number of anilines is 1. The lowest BCUT2D eigenvalue weighted by atomic mass is 10.1. The zero-order valence-electron chi connectivity index (χ0n) is 13.1. The van der Waals surface area contributed by atoms with E-state index in [-0.39, 0.29) is 17.7 Å². The van der Waals surface area contributed by atoms with Crippen LogP contribution in [0.1, 0.15) is 29.1 Å². The minimum absolute atomic E-state index is 0.0198. The Morgan fingerprint density at radius 3 is 2.45 bits per heavy atom. The zero-order chi connectivity index (χ0) is 16.1. The van der Waals surface area contributed by atoms with Crippen molar-refractivity contribution < 1.29 is 14.5 Å². The Balaban J connectivity index is 1.94. The molecule has 0 aliphatic rings. The normalized spacial score (nSPS) is 13.4. The van der Waals surface area contributed by atoms with E-state index < -0.39 is 0 Å². The Kier molecular flexibility index (Phi) is 5.46. The monoisotopic (exact) mass is 317 g/mol. The second kappa shape index (κ2) is 7.33. The average molecular weight is 317 g/mol. The summed E-state index contributed by atoms with van der Waals surface area (Å²) in [6.07, 6.45) is 0. The highest BCUT2D eigenvalue weighted by molar-refractivity contribution is 7.09. The van der Waals surface area contributed by atoms with E-state index >= 15 is 0 Å². The summed E-state index contributed by atoms with van der Waals surface area (Å²) in [6.45, 7) is 4.27. The quantitative estimate of drug-likeness (QED) is 0.801. The van der Waals surface area contributed by atoms with Crippen LogP contribution in [0.15, 0.2) is 41.8 Å². The smallest absolute Gasteiger partial charge is 0.282 e. The van der Waals surface area contributed by atoms with Crippen molar-refractivity contribution in [1.82, 2.24) is 0 Å². The van der Waals surface area contributed by atoms with Gasteiger partial charge in [0.05, 0.1) is 11.9 Å². The summed E-state index contributed by atoms with van der Waals surface area (Å²) in [5, 5.41) is 4.95. The summed E-state index contributed by atoms with van der Waals surface area (Å²) in [7, 11) is 2.02. The molecule has 0 spiro atoms. The van der Waals surface area contributed by atoms with E-state index in [1.54, 1.807) is 35.6 Å². The minimum atomic E-state index is -0.158. The van der Waals surface area contributed by atoms with Crippen LogP contribution in [-0.2, 0) is 11.3 Å². The fourth-order valence-electron chi connectivity index (χ4n) is 2.10. The first-order valence-electron chi connectivity index (χ1n) is 7.24. The maximum absolute atomic E-state index is 12.3. The van der Waals surface area contributed by atoms with E-state index in [0.29, 0.717) is 11.3 Å². The topological polar surface area (TPSA) is 50.6 Å². The van der Waals surface area contributed by atoms with Crippen LogP contribution < -0.4 is 10.2 Å². The number of likely N-dealkylation sites (N-methyl/N-ethyl adjacent to an activating group) is 1. The number of hydrogen-bond donors (Lipinski definition) is 2. The van der Waals surface area contributed by atoms with Gasteiger partial charge >= 0.3 is 0 Å². The summed E-state index contributed by atoms with van der Waals surface area (Å²) < 4.78 is 0. The lowest BCUT2D eigenvalue weighted by Crippen LogP contribution is -3.12. The summed E-state index contributed by atoms with van der Waals surface area (Å²) in [6, 6.07) is 10.9. The summed E-state index contributed by atoms with van der Waals surface area (Å²) in [5.74, 6) is -0.00370. The first-order chi connectivity index (χ1) is 10.5. The highest BCUT2D eigenvalue weighted by atomic mass is 32.1. The number of carbonyl (C=O) groups is 2. The Morgan fingerprint density at radius 1 is 1.23 bits per heavy atom. The molecule has 5 heteroatoms. The molecule has 22 heavy (non-hydrogen) atoms. The van der Waals surface area contributed by atoms with Crippen LogP contribution in [0.5, 0.6) is 0 Å². The van der Waals surface area contributed by atoms with Crippen LogP contribution in [0.3, 0.4) is 0 Å². The van der Waals surface area contributed by atoms with Gasteiger partial charge in [-0.1, -0.05) is 6.07 Å². The third kappa shape index (κ3) is 4.26. The predicted molar refractivity (Wildman–Crippen MR) is 89.4 cm³/mol. The Labute approximate surface area is 134 Å². The van der Waals surface area contributed by atoms with Gasteiger partial charge < -0.3 is 10.2 Å². The molecule has 0 radical (unpaired) electrons. The number of benzene rings is 1. The van der Waals surface area contributed by atoms with Gasteiger partial charge in [-0.15, -0.1) is 11.3 Å². The maximum atomic E-state index is 12.3. The molecule has 0 saturated carbocycles. The molecular weight excluding hydrogens is 296 g/mol. The van der Waals surface area contributed by atoms with Crippen molar-refractivity contribution in [2.24, 2.45) is 0 Å². The molecular formula is C17H21N2O2S+. The van der Waals surface area contributed by atoms with Gasteiger partial charge in [-0.3, -0.25) is 9.59 Å². The second-order valence-electron chi connectivity index (χ2n) is 5.45. The second-order valence-corrected chi connectivity index (χ2v) is 6.48. The molecule has 1 aromatic heterocycles. The molecule has 0 fully saturated rings. The van der Waals surface area contributed by atoms with E-state index in [1.807, 2.05) is 25.4 Å². The molecule has 0 aliphatic carbocycles. The van der Waals surface area contributed by atoms with E-state index in [1.165, 1.54) is 11.8 Å². The summed E-state index contributed by atoms with van der Waals surface area (Å²) >= 11 is 1.70. The molecule has 2 rings (SSSR count). The molecule has 1 unspecified atom stereocenters. The van der Waals surface area contributed by atoms with Gasteiger partial charge in [0.15, 0.2) is 11.8 Å². The number of rotatable bonds is 6. The summed E-state index contributed by atoms with van der Waals surface area (Å²) in [4.78, 5) is 25.9. The van der Waals surface area contributed by atoms with E-state index in [0.717, 1.165) is 11.4 Å². The number of thiophene rings is 1. The van der Waals surface area contributed by atoms with E-state index in [2.05, 4.69) is 11.4 Å². The third-order valence-electron chi connectivity index (χ3n) is 3.72. The van der Waals surface area contributed by atoms with Gasteiger partial charge in [0.1, 0.15) is 6.54 Å². The van der Waals surface area contributed by atoms with Crippen LogP contribution >= 0.6 is 11.3 Å². The van der Waals surface area contributed by atoms with Gasteiger partial charge in [0.25, 0.3) is 5.91 Å². The largest absolute Gasteiger partial charge is 0.323 e. The Morgan fingerprint density at radius 2 is 1.91 bits per heavy atom. The lowest BCUT2D eigenvalue weighted by molar-refractivity contribution is -0.907. The van der Waals surface area contributed by atoms with Crippen molar-refractivity contribution in [2.45, 2.75) is 26.4 Å². The van der Waals surface area contributed by atoms with Crippen LogP contribution in [0, 0.1) is 0 Å². The SMILES string of the molecule is CC(=O)c1ccc(NC(=O)[C@@H](C)[NH+](C)Cc2cccs2)cc1. The molecule has 2 aromatic rings. The zero-order valence-corrected chi connectivity index (χ0v) is 13.9.